The molecular weight excluding hydrogens is 274 g/mol. The summed E-state index contributed by atoms with van der Waals surface area (Å²) < 4.78 is 0. The summed E-state index contributed by atoms with van der Waals surface area (Å²) >= 11 is 1.17. The molecule has 0 aromatic carbocycles. The van der Waals surface area contributed by atoms with Gasteiger partial charge in [0.25, 0.3) is 0 Å². The third-order valence-electron chi connectivity index (χ3n) is 4.07. The molecule has 0 radical (unpaired) electrons. The smallest absolute Gasteiger partial charge is 0.285 e. The predicted molar refractivity (Wildman–Crippen MR) is 78.7 cm³/mol. The minimum atomic E-state index is -0.571. The highest BCUT2D eigenvalue weighted by molar-refractivity contribution is 7.15. The van der Waals surface area contributed by atoms with Gasteiger partial charge in [0.1, 0.15) is 5.54 Å². The molecule has 5 nitrogen and oxygen atoms in total. The number of likely N-dealkylation sites (tertiary alicyclic amines) is 1. The molecule has 0 bridgehead atoms. The maximum absolute atomic E-state index is 10.7. The third-order valence-corrected chi connectivity index (χ3v) is 5.11. The van der Waals surface area contributed by atoms with Gasteiger partial charge in [-0.2, -0.15) is 5.26 Å². The molecule has 6 heteroatoms. The Labute approximate surface area is 123 Å². The van der Waals surface area contributed by atoms with Crippen LogP contribution in [0, 0.1) is 27.4 Å². The van der Waals surface area contributed by atoms with E-state index in [9.17, 15) is 15.4 Å². The van der Waals surface area contributed by atoms with Gasteiger partial charge in [0.2, 0.25) is 0 Å². The second-order valence-electron chi connectivity index (χ2n) is 5.73. The van der Waals surface area contributed by atoms with Crippen molar-refractivity contribution in [2.75, 3.05) is 13.1 Å². The van der Waals surface area contributed by atoms with Gasteiger partial charge in [0.05, 0.1) is 11.0 Å². The summed E-state index contributed by atoms with van der Waals surface area (Å²) in [6.07, 6.45) is 2.78. The van der Waals surface area contributed by atoms with Crippen LogP contribution in [0.5, 0.6) is 0 Å². The van der Waals surface area contributed by atoms with Gasteiger partial charge in [0, 0.05) is 17.4 Å². The van der Waals surface area contributed by atoms with Gasteiger partial charge in [-0.3, -0.25) is 15.0 Å². The standard InChI is InChI=1S/C14H19N3O2S/c1-11-5-7-16(8-6-11)14(2,10-15)9-12-3-4-13(20-12)17(18)19/h3-4,11H,5-9H2,1-2H3. The molecule has 1 aromatic rings. The van der Waals surface area contributed by atoms with Crippen molar-refractivity contribution in [1.29, 1.82) is 5.26 Å². The van der Waals surface area contributed by atoms with Crippen molar-refractivity contribution in [3.8, 4) is 6.07 Å². The Kier molecular flexibility index (Phi) is 4.41. The second-order valence-corrected chi connectivity index (χ2v) is 6.88. The molecule has 108 valence electrons. The fourth-order valence-electron chi connectivity index (χ4n) is 2.62. The number of hydrogen-bond donors (Lipinski definition) is 0. The molecule has 2 heterocycles. The maximum Gasteiger partial charge on any atom is 0.324 e. The summed E-state index contributed by atoms with van der Waals surface area (Å²) in [5.41, 5.74) is -0.571. The Hall–Kier alpha value is -1.45. The number of hydrogen-bond acceptors (Lipinski definition) is 5. The Morgan fingerprint density at radius 1 is 1.55 bits per heavy atom. The quantitative estimate of drug-likeness (QED) is 0.631. The van der Waals surface area contributed by atoms with E-state index in [0.717, 1.165) is 36.7 Å². The molecule has 0 spiro atoms. The van der Waals surface area contributed by atoms with Crippen molar-refractivity contribution in [2.45, 2.75) is 38.6 Å². The minimum Gasteiger partial charge on any atom is -0.285 e. The van der Waals surface area contributed by atoms with Crippen molar-refractivity contribution in [3.05, 3.63) is 27.1 Å². The van der Waals surface area contributed by atoms with E-state index in [-0.39, 0.29) is 9.92 Å². The summed E-state index contributed by atoms with van der Waals surface area (Å²) in [6.45, 7) is 6.04. The first-order valence-corrected chi connectivity index (χ1v) is 7.65. The van der Waals surface area contributed by atoms with Gasteiger partial charge < -0.3 is 0 Å². The molecule has 0 N–H and O–H groups in total. The fraction of sp³-hybridized carbons (Fsp3) is 0.643. The molecule has 1 aromatic heterocycles. The van der Waals surface area contributed by atoms with Crippen molar-refractivity contribution in [2.24, 2.45) is 5.92 Å². The average Bonchev–Trinajstić information content (AvgIpc) is 2.88. The first kappa shape index (κ1) is 14.9. The Bertz CT molecular complexity index is 529. The highest BCUT2D eigenvalue weighted by Crippen LogP contribution is 2.31. The Balaban J connectivity index is 2.10. The van der Waals surface area contributed by atoms with Gasteiger partial charge in [0.15, 0.2) is 0 Å². The molecule has 1 aliphatic heterocycles. The average molecular weight is 293 g/mol. The molecule has 1 saturated heterocycles. The monoisotopic (exact) mass is 293 g/mol. The lowest BCUT2D eigenvalue weighted by Gasteiger charge is -2.40. The van der Waals surface area contributed by atoms with Crippen LogP contribution in [0.1, 0.15) is 31.6 Å². The van der Waals surface area contributed by atoms with E-state index in [1.54, 1.807) is 6.07 Å². The normalized spacial score (nSPS) is 20.2. The molecule has 1 atom stereocenters. The van der Waals surface area contributed by atoms with E-state index in [0.29, 0.717) is 6.42 Å². The summed E-state index contributed by atoms with van der Waals surface area (Å²) in [5, 5.41) is 20.4. The highest BCUT2D eigenvalue weighted by atomic mass is 32.1. The molecule has 1 unspecified atom stereocenters. The van der Waals surface area contributed by atoms with Crippen molar-refractivity contribution >= 4 is 16.3 Å². The molecule has 1 aliphatic rings. The van der Waals surface area contributed by atoms with Gasteiger partial charge in [-0.25, -0.2) is 0 Å². The Morgan fingerprint density at radius 3 is 2.70 bits per heavy atom. The van der Waals surface area contributed by atoms with Gasteiger partial charge >= 0.3 is 5.00 Å². The first-order valence-electron chi connectivity index (χ1n) is 6.84. The van der Waals surface area contributed by atoms with Crippen LogP contribution in [0.3, 0.4) is 0 Å². The van der Waals surface area contributed by atoms with Crippen LogP contribution in [-0.2, 0) is 6.42 Å². The van der Waals surface area contributed by atoms with E-state index in [4.69, 9.17) is 0 Å². The lowest BCUT2D eigenvalue weighted by Crippen LogP contribution is -2.50. The van der Waals surface area contributed by atoms with Gasteiger partial charge in [-0.15, -0.1) is 0 Å². The van der Waals surface area contributed by atoms with Gasteiger partial charge in [-0.05, 0) is 44.8 Å². The summed E-state index contributed by atoms with van der Waals surface area (Å²) in [5.74, 6) is 0.719. The molecule has 0 saturated carbocycles. The number of nitriles is 1. The van der Waals surface area contributed by atoms with E-state index < -0.39 is 5.54 Å². The van der Waals surface area contributed by atoms with E-state index in [1.807, 2.05) is 6.92 Å². The molecule has 2 rings (SSSR count). The summed E-state index contributed by atoms with van der Waals surface area (Å²) in [6, 6.07) is 5.71. The highest BCUT2D eigenvalue weighted by Gasteiger charge is 2.35. The van der Waals surface area contributed by atoms with E-state index in [1.165, 1.54) is 17.4 Å². The number of thiophene rings is 1. The van der Waals surface area contributed by atoms with Crippen LogP contribution in [0.25, 0.3) is 0 Å². The lowest BCUT2D eigenvalue weighted by molar-refractivity contribution is -0.380. The third kappa shape index (κ3) is 3.17. The number of piperidine rings is 1. The zero-order chi connectivity index (χ0) is 14.8. The molecule has 20 heavy (non-hydrogen) atoms. The number of nitro groups is 1. The van der Waals surface area contributed by atoms with E-state index >= 15 is 0 Å². The predicted octanol–water partition coefficient (Wildman–Crippen LogP) is 3.21. The summed E-state index contributed by atoms with van der Waals surface area (Å²) in [7, 11) is 0. The van der Waals surface area contributed by atoms with Crippen molar-refractivity contribution in [3.63, 3.8) is 0 Å². The zero-order valence-electron chi connectivity index (χ0n) is 11.8. The first-order chi connectivity index (χ1) is 9.44. The molecule has 1 fully saturated rings. The maximum atomic E-state index is 10.7. The van der Waals surface area contributed by atoms with Crippen LogP contribution in [0.15, 0.2) is 12.1 Å². The number of nitrogens with zero attached hydrogens (tertiary/aromatic N) is 3. The van der Waals surface area contributed by atoms with Crippen LogP contribution in [0.2, 0.25) is 0 Å². The zero-order valence-corrected chi connectivity index (χ0v) is 12.7. The number of rotatable bonds is 4. The van der Waals surface area contributed by atoms with Crippen LogP contribution in [0.4, 0.5) is 5.00 Å². The Morgan fingerprint density at radius 2 is 2.20 bits per heavy atom. The topological polar surface area (TPSA) is 70.2 Å². The second kappa shape index (κ2) is 5.90. The van der Waals surface area contributed by atoms with Crippen LogP contribution >= 0.6 is 11.3 Å². The molecule has 0 aliphatic carbocycles. The SMILES string of the molecule is CC1CCN(C(C)(C#N)Cc2ccc([N+](=O)[O-])s2)CC1. The van der Waals surface area contributed by atoms with E-state index in [2.05, 4.69) is 17.9 Å². The van der Waals surface area contributed by atoms with Gasteiger partial charge in [-0.1, -0.05) is 18.3 Å². The summed E-state index contributed by atoms with van der Waals surface area (Å²) in [4.78, 5) is 13.5. The van der Waals surface area contributed by atoms with Crippen LogP contribution in [-0.4, -0.2) is 28.5 Å². The van der Waals surface area contributed by atoms with Crippen molar-refractivity contribution in [1.82, 2.24) is 4.90 Å². The lowest BCUT2D eigenvalue weighted by atomic mass is 9.90. The molecule has 0 amide bonds. The van der Waals surface area contributed by atoms with Crippen LogP contribution < -0.4 is 0 Å². The minimum absolute atomic E-state index is 0.146. The fourth-order valence-corrected chi connectivity index (χ4v) is 3.59. The largest absolute Gasteiger partial charge is 0.324 e. The molecular formula is C14H19N3O2S. The van der Waals surface area contributed by atoms with Crippen molar-refractivity contribution < 1.29 is 4.92 Å².